The van der Waals surface area contributed by atoms with Crippen LogP contribution in [0.25, 0.3) is 0 Å². The van der Waals surface area contributed by atoms with Crippen LogP contribution in [0, 0.1) is 18.8 Å². The molecule has 0 fully saturated rings. The van der Waals surface area contributed by atoms with Crippen molar-refractivity contribution in [2.75, 3.05) is 0 Å². The van der Waals surface area contributed by atoms with E-state index in [0.29, 0.717) is 19.4 Å². The van der Waals surface area contributed by atoms with Gasteiger partial charge in [0, 0.05) is 6.54 Å². The monoisotopic (exact) mass is 273 g/mol. The van der Waals surface area contributed by atoms with Crippen LogP contribution in [0.5, 0.6) is 0 Å². The minimum absolute atomic E-state index is 0.178. The molecule has 1 aliphatic carbocycles. The van der Waals surface area contributed by atoms with Gasteiger partial charge in [-0.3, -0.25) is 9.59 Å². The molecular weight excluding hydrogens is 254 g/mol. The molecule has 0 saturated heterocycles. The molecule has 20 heavy (non-hydrogen) atoms. The lowest BCUT2D eigenvalue weighted by Crippen LogP contribution is -2.38. The predicted molar refractivity (Wildman–Crippen MR) is 76.0 cm³/mol. The number of rotatable bonds is 4. The van der Waals surface area contributed by atoms with Crippen LogP contribution < -0.4 is 5.32 Å². The molecule has 2 atom stereocenters. The van der Waals surface area contributed by atoms with Crippen molar-refractivity contribution in [3.8, 4) is 0 Å². The number of carbonyl (C=O) groups excluding carboxylic acids is 1. The molecule has 0 unspecified atom stereocenters. The van der Waals surface area contributed by atoms with E-state index in [1.54, 1.807) is 0 Å². The van der Waals surface area contributed by atoms with E-state index in [1.807, 2.05) is 43.3 Å². The molecule has 1 aliphatic rings. The molecule has 1 aromatic rings. The highest BCUT2D eigenvalue weighted by Gasteiger charge is 2.33. The van der Waals surface area contributed by atoms with Crippen molar-refractivity contribution in [3.63, 3.8) is 0 Å². The summed E-state index contributed by atoms with van der Waals surface area (Å²) >= 11 is 0. The van der Waals surface area contributed by atoms with Crippen molar-refractivity contribution in [2.45, 2.75) is 26.3 Å². The Balaban J connectivity index is 1.95. The van der Waals surface area contributed by atoms with Crippen molar-refractivity contribution in [3.05, 3.63) is 47.5 Å². The molecule has 1 aromatic carbocycles. The lowest BCUT2D eigenvalue weighted by atomic mass is 9.82. The van der Waals surface area contributed by atoms with Crippen molar-refractivity contribution in [2.24, 2.45) is 11.8 Å². The zero-order valence-corrected chi connectivity index (χ0v) is 11.5. The van der Waals surface area contributed by atoms with Gasteiger partial charge in [0.1, 0.15) is 0 Å². The quantitative estimate of drug-likeness (QED) is 0.827. The highest BCUT2D eigenvalue weighted by Crippen LogP contribution is 2.26. The molecule has 0 saturated carbocycles. The van der Waals surface area contributed by atoms with Crippen LogP contribution in [-0.4, -0.2) is 17.0 Å². The number of aryl methyl sites for hydroxylation is 1. The van der Waals surface area contributed by atoms with E-state index in [9.17, 15) is 9.59 Å². The Labute approximate surface area is 118 Å². The maximum Gasteiger partial charge on any atom is 0.307 e. The van der Waals surface area contributed by atoms with Crippen LogP contribution in [0.4, 0.5) is 0 Å². The van der Waals surface area contributed by atoms with Gasteiger partial charge >= 0.3 is 5.97 Å². The van der Waals surface area contributed by atoms with E-state index in [0.717, 1.165) is 5.56 Å². The molecule has 2 rings (SSSR count). The maximum absolute atomic E-state index is 12.1. The van der Waals surface area contributed by atoms with E-state index < -0.39 is 17.8 Å². The van der Waals surface area contributed by atoms with E-state index in [1.165, 1.54) is 5.56 Å². The summed E-state index contributed by atoms with van der Waals surface area (Å²) in [5.41, 5.74) is 2.19. The molecule has 0 heterocycles. The molecular formula is C16H19NO3. The largest absolute Gasteiger partial charge is 0.481 e. The van der Waals surface area contributed by atoms with Crippen LogP contribution in [0.1, 0.15) is 24.0 Å². The highest BCUT2D eigenvalue weighted by atomic mass is 16.4. The van der Waals surface area contributed by atoms with Crippen LogP contribution >= 0.6 is 0 Å². The fraction of sp³-hybridized carbons (Fsp3) is 0.375. The van der Waals surface area contributed by atoms with E-state index in [-0.39, 0.29) is 5.91 Å². The van der Waals surface area contributed by atoms with Gasteiger partial charge < -0.3 is 10.4 Å². The third-order valence-corrected chi connectivity index (χ3v) is 3.67. The molecule has 0 bridgehead atoms. The third kappa shape index (κ3) is 3.47. The first-order valence-corrected chi connectivity index (χ1v) is 6.79. The van der Waals surface area contributed by atoms with Gasteiger partial charge in [-0.2, -0.15) is 0 Å². The van der Waals surface area contributed by atoms with Gasteiger partial charge in [-0.25, -0.2) is 0 Å². The van der Waals surface area contributed by atoms with Crippen LogP contribution in [0.2, 0.25) is 0 Å². The number of nitrogens with one attached hydrogen (secondary N) is 1. The van der Waals surface area contributed by atoms with Gasteiger partial charge in [-0.05, 0) is 25.3 Å². The number of amides is 1. The second-order valence-corrected chi connectivity index (χ2v) is 5.20. The van der Waals surface area contributed by atoms with Gasteiger partial charge in [0.05, 0.1) is 11.8 Å². The second-order valence-electron chi connectivity index (χ2n) is 5.20. The van der Waals surface area contributed by atoms with Gasteiger partial charge in [-0.15, -0.1) is 0 Å². The van der Waals surface area contributed by atoms with Gasteiger partial charge in [-0.1, -0.05) is 42.0 Å². The average Bonchev–Trinajstić information content (AvgIpc) is 2.46. The minimum atomic E-state index is -0.898. The van der Waals surface area contributed by atoms with Crippen LogP contribution in [-0.2, 0) is 16.1 Å². The molecule has 0 radical (unpaired) electrons. The normalized spacial score (nSPS) is 21.4. The summed E-state index contributed by atoms with van der Waals surface area (Å²) in [6.45, 7) is 2.44. The Hall–Kier alpha value is -2.10. The summed E-state index contributed by atoms with van der Waals surface area (Å²) in [6, 6.07) is 7.91. The van der Waals surface area contributed by atoms with E-state index in [2.05, 4.69) is 5.32 Å². The summed E-state index contributed by atoms with van der Waals surface area (Å²) in [7, 11) is 0. The maximum atomic E-state index is 12.1. The first kappa shape index (κ1) is 14.3. The Morgan fingerprint density at radius 3 is 2.35 bits per heavy atom. The summed E-state index contributed by atoms with van der Waals surface area (Å²) in [4.78, 5) is 23.3. The SMILES string of the molecule is Cc1ccc(CNC(=O)[C@H]2CC=CC[C@@H]2C(=O)O)cc1. The van der Waals surface area contributed by atoms with E-state index >= 15 is 0 Å². The molecule has 0 spiro atoms. The minimum Gasteiger partial charge on any atom is -0.481 e. The second kappa shape index (κ2) is 6.37. The number of carboxylic acid groups (broad SMARTS) is 1. The van der Waals surface area contributed by atoms with E-state index in [4.69, 9.17) is 5.11 Å². The van der Waals surface area contributed by atoms with Crippen molar-refractivity contribution < 1.29 is 14.7 Å². The number of carbonyl (C=O) groups is 2. The van der Waals surface area contributed by atoms with Crippen LogP contribution in [0.15, 0.2) is 36.4 Å². The summed E-state index contributed by atoms with van der Waals surface area (Å²) in [5.74, 6) is -2.16. The summed E-state index contributed by atoms with van der Waals surface area (Å²) in [6.07, 6.45) is 4.65. The van der Waals surface area contributed by atoms with Crippen molar-refractivity contribution in [1.29, 1.82) is 0 Å². The number of benzene rings is 1. The fourth-order valence-corrected chi connectivity index (χ4v) is 2.40. The zero-order chi connectivity index (χ0) is 14.5. The smallest absolute Gasteiger partial charge is 0.307 e. The molecule has 1 amide bonds. The topological polar surface area (TPSA) is 66.4 Å². The Morgan fingerprint density at radius 2 is 1.75 bits per heavy atom. The molecule has 4 heteroatoms. The van der Waals surface area contributed by atoms with Crippen molar-refractivity contribution >= 4 is 11.9 Å². The molecule has 106 valence electrons. The molecule has 0 aliphatic heterocycles. The number of hydrogen-bond acceptors (Lipinski definition) is 2. The number of hydrogen-bond donors (Lipinski definition) is 2. The van der Waals surface area contributed by atoms with Crippen LogP contribution in [0.3, 0.4) is 0 Å². The lowest BCUT2D eigenvalue weighted by molar-refractivity contribution is -0.147. The first-order valence-electron chi connectivity index (χ1n) is 6.79. The highest BCUT2D eigenvalue weighted by molar-refractivity contribution is 5.85. The molecule has 2 N–H and O–H groups in total. The number of aliphatic carboxylic acids is 1. The van der Waals surface area contributed by atoms with Crippen molar-refractivity contribution in [1.82, 2.24) is 5.32 Å². The molecule has 4 nitrogen and oxygen atoms in total. The van der Waals surface area contributed by atoms with Gasteiger partial charge in [0.2, 0.25) is 5.91 Å². The summed E-state index contributed by atoms with van der Waals surface area (Å²) < 4.78 is 0. The average molecular weight is 273 g/mol. The number of carboxylic acids is 1. The lowest BCUT2D eigenvalue weighted by Gasteiger charge is -2.24. The molecule has 0 aromatic heterocycles. The third-order valence-electron chi connectivity index (χ3n) is 3.67. The number of allylic oxidation sites excluding steroid dienone is 2. The Bertz CT molecular complexity index is 519. The Morgan fingerprint density at radius 1 is 1.15 bits per heavy atom. The Kier molecular flexibility index (Phi) is 4.56. The van der Waals surface area contributed by atoms with Gasteiger partial charge in [0.25, 0.3) is 0 Å². The first-order chi connectivity index (χ1) is 9.58. The summed E-state index contributed by atoms with van der Waals surface area (Å²) in [5, 5.41) is 12.0. The predicted octanol–water partition coefficient (Wildman–Crippen LogP) is 2.28. The van der Waals surface area contributed by atoms with Gasteiger partial charge in [0.15, 0.2) is 0 Å². The standard InChI is InChI=1S/C16H19NO3/c1-11-6-8-12(9-7-11)10-17-15(18)13-4-2-3-5-14(13)16(19)20/h2-3,6-9,13-14H,4-5,10H2,1H3,(H,17,18)(H,19,20)/t13-,14-/m0/s1. The zero-order valence-electron chi connectivity index (χ0n) is 11.5. The fourth-order valence-electron chi connectivity index (χ4n) is 2.40.